The molecular weight excluding hydrogens is 508 g/mol. The van der Waals surface area contributed by atoms with Crippen molar-refractivity contribution in [1.29, 1.82) is 0 Å². The molecule has 180 valence electrons. The van der Waals surface area contributed by atoms with E-state index >= 15 is 0 Å². The Morgan fingerprint density at radius 3 is 2.62 bits per heavy atom. The number of rotatable bonds is 6. The SMILES string of the molecule is Cl.Cl.O=C(Nc1ccc(C2CC2NCc2cn3ccsc3n2)cc1)c1cccc(C(F)(F)F)c1. The lowest BCUT2D eigenvalue weighted by Crippen LogP contribution is -2.17. The van der Waals surface area contributed by atoms with E-state index in [1.807, 2.05) is 34.3 Å². The first kappa shape index (κ1) is 26.0. The number of thiazole rings is 1. The zero-order chi connectivity index (χ0) is 22.3. The Bertz CT molecular complexity index is 1240. The molecule has 1 saturated carbocycles. The van der Waals surface area contributed by atoms with Gasteiger partial charge in [-0.3, -0.25) is 9.20 Å². The molecule has 0 bridgehead atoms. The first-order valence-electron chi connectivity index (χ1n) is 10.1. The predicted molar refractivity (Wildman–Crippen MR) is 131 cm³/mol. The number of fused-ring (bicyclic) bond motifs is 1. The zero-order valence-electron chi connectivity index (χ0n) is 17.6. The van der Waals surface area contributed by atoms with Gasteiger partial charge in [-0.25, -0.2) is 4.98 Å². The molecular formula is C23H21Cl2F3N4OS. The maximum atomic E-state index is 12.9. The summed E-state index contributed by atoms with van der Waals surface area (Å²) in [5.41, 5.74) is 1.83. The lowest BCUT2D eigenvalue weighted by molar-refractivity contribution is -0.137. The molecule has 0 spiro atoms. The second-order valence-corrected chi connectivity index (χ2v) is 8.68. The minimum atomic E-state index is -4.49. The average molecular weight is 529 g/mol. The first-order chi connectivity index (χ1) is 15.4. The van der Waals surface area contributed by atoms with Gasteiger partial charge in [-0.05, 0) is 42.3 Å². The van der Waals surface area contributed by atoms with Crippen LogP contribution in [0.5, 0.6) is 0 Å². The van der Waals surface area contributed by atoms with E-state index in [2.05, 4.69) is 15.6 Å². The van der Waals surface area contributed by atoms with Crippen LogP contribution >= 0.6 is 36.2 Å². The molecule has 2 N–H and O–H groups in total. The van der Waals surface area contributed by atoms with Gasteiger partial charge in [0.2, 0.25) is 0 Å². The molecule has 0 aliphatic heterocycles. The third-order valence-electron chi connectivity index (χ3n) is 5.53. The topological polar surface area (TPSA) is 58.4 Å². The van der Waals surface area contributed by atoms with Gasteiger partial charge in [0.15, 0.2) is 4.96 Å². The summed E-state index contributed by atoms with van der Waals surface area (Å²) < 4.78 is 40.6. The fourth-order valence-corrected chi connectivity index (χ4v) is 4.46. The van der Waals surface area contributed by atoms with Gasteiger partial charge in [-0.1, -0.05) is 18.2 Å². The van der Waals surface area contributed by atoms with Gasteiger partial charge in [0.25, 0.3) is 5.91 Å². The normalized spacial score (nSPS) is 17.0. The number of anilines is 1. The van der Waals surface area contributed by atoms with Gasteiger partial charge in [0.1, 0.15) is 0 Å². The van der Waals surface area contributed by atoms with E-state index in [9.17, 15) is 18.0 Å². The van der Waals surface area contributed by atoms with E-state index < -0.39 is 17.6 Å². The Morgan fingerprint density at radius 2 is 1.91 bits per heavy atom. The van der Waals surface area contributed by atoms with Crippen LogP contribution < -0.4 is 10.6 Å². The highest BCUT2D eigenvalue weighted by Gasteiger charge is 2.37. The predicted octanol–water partition coefficient (Wildman–Crippen LogP) is 6.16. The summed E-state index contributed by atoms with van der Waals surface area (Å²) in [6, 6.07) is 12.2. The molecule has 2 aromatic heterocycles. The lowest BCUT2D eigenvalue weighted by atomic mass is 10.1. The molecule has 0 radical (unpaired) electrons. The van der Waals surface area contributed by atoms with Crippen LogP contribution in [-0.2, 0) is 12.7 Å². The summed E-state index contributed by atoms with van der Waals surface area (Å²) >= 11 is 1.61. The molecule has 1 aliphatic rings. The highest BCUT2D eigenvalue weighted by atomic mass is 35.5. The summed E-state index contributed by atoms with van der Waals surface area (Å²) in [5.74, 6) is -0.179. The first-order valence-corrected chi connectivity index (χ1v) is 11.0. The number of aromatic nitrogens is 2. The molecule has 11 heteroatoms. The Labute approximate surface area is 210 Å². The average Bonchev–Trinajstić information content (AvgIpc) is 3.24. The van der Waals surface area contributed by atoms with E-state index in [4.69, 9.17) is 0 Å². The summed E-state index contributed by atoms with van der Waals surface area (Å²) in [4.78, 5) is 17.9. The van der Waals surface area contributed by atoms with Crippen LogP contribution in [0.3, 0.4) is 0 Å². The molecule has 2 aromatic carbocycles. The van der Waals surface area contributed by atoms with Crippen LogP contribution in [0.15, 0.2) is 66.3 Å². The number of amides is 1. The Hall–Kier alpha value is -2.59. The fourth-order valence-electron chi connectivity index (χ4n) is 3.74. The van der Waals surface area contributed by atoms with Crippen molar-refractivity contribution in [3.63, 3.8) is 0 Å². The number of hydrogen-bond donors (Lipinski definition) is 2. The van der Waals surface area contributed by atoms with E-state index in [0.717, 1.165) is 34.8 Å². The highest BCUT2D eigenvalue weighted by Crippen LogP contribution is 2.41. The van der Waals surface area contributed by atoms with Crippen LogP contribution in [0.2, 0.25) is 0 Å². The van der Waals surface area contributed by atoms with Crippen molar-refractivity contribution in [3.05, 3.63) is 88.7 Å². The molecule has 34 heavy (non-hydrogen) atoms. The molecule has 0 saturated heterocycles. The number of imidazole rings is 1. The highest BCUT2D eigenvalue weighted by molar-refractivity contribution is 7.15. The van der Waals surface area contributed by atoms with Gasteiger partial charge in [0.05, 0.1) is 11.3 Å². The van der Waals surface area contributed by atoms with Crippen LogP contribution in [-0.4, -0.2) is 21.3 Å². The van der Waals surface area contributed by atoms with Crippen molar-refractivity contribution in [3.8, 4) is 0 Å². The molecule has 5 nitrogen and oxygen atoms in total. The number of carbonyl (C=O) groups is 1. The van der Waals surface area contributed by atoms with Crippen molar-refractivity contribution in [2.24, 2.45) is 0 Å². The van der Waals surface area contributed by atoms with E-state index in [-0.39, 0.29) is 30.4 Å². The van der Waals surface area contributed by atoms with E-state index in [1.165, 1.54) is 12.1 Å². The molecule has 2 heterocycles. The second-order valence-electron chi connectivity index (χ2n) is 7.81. The van der Waals surface area contributed by atoms with Crippen molar-refractivity contribution in [2.45, 2.75) is 31.1 Å². The van der Waals surface area contributed by atoms with Crippen LogP contribution in [0, 0.1) is 0 Å². The van der Waals surface area contributed by atoms with E-state index in [1.54, 1.807) is 23.5 Å². The molecule has 4 aromatic rings. The third-order valence-corrected chi connectivity index (χ3v) is 6.30. The minimum absolute atomic E-state index is 0. The largest absolute Gasteiger partial charge is 0.416 e. The van der Waals surface area contributed by atoms with Crippen molar-refractivity contribution < 1.29 is 18.0 Å². The lowest BCUT2D eigenvalue weighted by Gasteiger charge is -2.10. The number of nitrogens with one attached hydrogen (secondary N) is 2. The zero-order valence-corrected chi connectivity index (χ0v) is 20.0. The summed E-state index contributed by atoms with van der Waals surface area (Å²) in [6.07, 6.45) is 0.556. The summed E-state index contributed by atoms with van der Waals surface area (Å²) in [7, 11) is 0. The molecule has 1 aliphatic carbocycles. The van der Waals surface area contributed by atoms with Gasteiger partial charge in [-0.15, -0.1) is 36.2 Å². The Balaban J connectivity index is 0.00000162. The third kappa shape index (κ3) is 5.72. The number of halogens is 5. The second kappa shape index (κ2) is 10.4. The van der Waals surface area contributed by atoms with Crippen LogP contribution in [0.1, 0.15) is 39.5 Å². The molecule has 5 rings (SSSR count). The molecule has 1 fully saturated rings. The van der Waals surface area contributed by atoms with Crippen molar-refractivity contribution in [2.75, 3.05) is 5.32 Å². The molecule has 2 atom stereocenters. The minimum Gasteiger partial charge on any atom is -0.322 e. The maximum absolute atomic E-state index is 12.9. The quantitative estimate of drug-likeness (QED) is 0.315. The summed E-state index contributed by atoms with van der Waals surface area (Å²) in [6.45, 7) is 0.709. The Kier molecular flexibility index (Phi) is 7.92. The van der Waals surface area contributed by atoms with E-state index in [0.29, 0.717) is 24.2 Å². The van der Waals surface area contributed by atoms with Gasteiger partial charge < -0.3 is 10.6 Å². The number of hydrogen-bond acceptors (Lipinski definition) is 4. The fraction of sp³-hybridized carbons (Fsp3) is 0.217. The summed E-state index contributed by atoms with van der Waals surface area (Å²) in [5, 5.41) is 8.19. The maximum Gasteiger partial charge on any atom is 0.416 e. The monoisotopic (exact) mass is 528 g/mol. The number of carbonyl (C=O) groups excluding carboxylic acids is 1. The van der Waals surface area contributed by atoms with Gasteiger partial charge >= 0.3 is 6.18 Å². The molecule has 2 unspecified atom stereocenters. The van der Waals surface area contributed by atoms with Crippen LogP contribution in [0.25, 0.3) is 4.96 Å². The molecule has 1 amide bonds. The number of nitrogens with zero attached hydrogens (tertiary/aromatic N) is 2. The smallest absolute Gasteiger partial charge is 0.322 e. The van der Waals surface area contributed by atoms with Crippen molar-refractivity contribution in [1.82, 2.24) is 14.7 Å². The standard InChI is InChI=1S/C23H19F3N4OS.2ClH/c24-23(25,26)16-3-1-2-15(10-16)21(31)28-17-6-4-14(5-7-17)19-11-20(19)27-12-18-13-30-8-9-32-22(30)29-18;;/h1-10,13,19-20,27H,11-12H2,(H,28,31);2*1H. The van der Waals surface area contributed by atoms with Crippen molar-refractivity contribution >= 4 is 52.7 Å². The number of alkyl halides is 3. The van der Waals surface area contributed by atoms with Crippen LogP contribution in [0.4, 0.5) is 18.9 Å². The number of benzene rings is 2. The van der Waals surface area contributed by atoms with Gasteiger partial charge in [-0.2, -0.15) is 13.2 Å². The Morgan fingerprint density at radius 1 is 1.15 bits per heavy atom. The van der Waals surface area contributed by atoms with Gasteiger partial charge in [0, 0.05) is 47.5 Å².